The third kappa shape index (κ3) is 5.28. The van der Waals surface area contributed by atoms with E-state index in [0.717, 1.165) is 25.5 Å². The number of hydrogen-bond donors (Lipinski definition) is 3. The van der Waals surface area contributed by atoms with E-state index >= 15 is 0 Å². The summed E-state index contributed by atoms with van der Waals surface area (Å²) in [5, 5.41) is 9.90. The van der Waals surface area contributed by atoms with Gasteiger partial charge in [0.2, 0.25) is 18.3 Å². The minimum absolute atomic E-state index is 0.198. The molecule has 0 unspecified atom stereocenters. The standard InChI is InChI=1S/C16H22F3N5O3/c1-2-3-4-11-7-15(8-11,9-24(27)10-25)13(26)22-23-14-20-6-5-12(21-14)16(17,18)19/h5-6,10-11,27H,2-4,7-9H2,1H3,(H,22,26)(H,20,21,23). The average molecular weight is 389 g/mol. The number of carbonyl (C=O) groups excluding carboxylic acids is 2. The molecule has 0 bridgehead atoms. The van der Waals surface area contributed by atoms with Crippen LogP contribution in [0.4, 0.5) is 19.1 Å². The van der Waals surface area contributed by atoms with Crippen molar-refractivity contribution in [2.45, 2.75) is 45.2 Å². The Hall–Kier alpha value is -2.43. The highest BCUT2D eigenvalue weighted by Crippen LogP contribution is 2.48. The zero-order valence-electron chi connectivity index (χ0n) is 14.8. The molecule has 0 aliphatic heterocycles. The maximum absolute atomic E-state index is 12.7. The number of halogens is 3. The highest BCUT2D eigenvalue weighted by Gasteiger charge is 2.50. The Morgan fingerprint density at radius 3 is 2.78 bits per heavy atom. The number of alkyl halides is 3. The van der Waals surface area contributed by atoms with Gasteiger partial charge in [-0.05, 0) is 24.8 Å². The molecule has 27 heavy (non-hydrogen) atoms. The molecule has 8 nitrogen and oxygen atoms in total. The van der Waals surface area contributed by atoms with Gasteiger partial charge in [-0.15, -0.1) is 0 Å². The zero-order valence-corrected chi connectivity index (χ0v) is 14.8. The summed E-state index contributed by atoms with van der Waals surface area (Å²) in [7, 11) is 0. The molecule has 1 aliphatic rings. The van der Waals surface area contributed by atoms with Gasteiger partial charge in [0.15, 0.2) is 0 Å². The van der Waals surface area contributed by atoms with E-state index in [-0.39, 0.29) is 13.0 Å². The summed E-state index contributed by atoms with van der Waals surface area (Å²) in [4.78, 5) is 30.2. The van der Waals surface area contributed by atoms with E-state index in [1.54, 1.807) is 0 Å². The summed E-state index contributed by atoms with van der Waals surface area (Å²) in [6.07, 6.45) is 0.391. The maximum Gasteiger partial charge on any atom is 0.433 e. The Morgan fingerprint density at radius 1 is 1.48 bits per heavy atom. The van der Waals surface area contributed by atoms with E-state index in [4.69, 9.17) is 0 Å². The molecule has 0 spiro atoms. The molecular formula is C16H22F3N5O3. The number of hydroxylamine groups is 2. The Labute approximate surface area is 154 Å². The van der Waals surface area contributed by atoms with Crippen LogP contribution in [0.3, 0.4) is 0 Å². The van der Waals surface area contributed by atoms with Gasteiger partial charge in [0.1, 0.15) is 5.69 Å². The van der Waals surface area contributed by atoms with E-state index in [0.29, 0.717) is 29.9 Å². The predicted molar refractivity (Wildman–Crippen MR) is 88.0 cm³/mol. The fourth-order valence-corrected chi connectivity index (χ4v) is 3.30. The van der Waals surface area contributed by atoms with Gasteiger partial charge >= 0.3 is 6.18 Å². The minimum Gasteiger partial charge on any atom is -0.286 e. The molecule has 1 saturated carbocycles. The molecule has 0 radical (unpaired) electrons. The van der Waals surface area contributed by atoms with Crippen LogP contribution < -0.4 is 10.9 Å². The summed E-state index contributed by atoms with van der Waals surface area (Å²) in [6.45, 7) is 1.86. The summed E-state index contributed by atoms with van der Waals surface area (Å²) in [6, 6.07) is 0.715. The highest BCUT2D eigenvalue weighted by atomic mass is 19.4. The molecule has 0 saturated heterocycles. The number of hydrazine groups is 1. The van der Waals surface area contributed by atoms with Crippen LogP contribution in [0.2, 0.25) is 0 Å². The van der Waals surface area contributed by atoms with Gasteiger partial charge in [0.25, 0.3) is 0 Å². The first-order valence-corrected chi connectivity index (χ1v) is 8.57. The first kappa shape index (κ1) is 20.9. The lowest BCUT2D eigenvalue weighted by Gasteiger charge is -2.47. The molecule has 1 aliphatic carbocycles. The number of amides is 2. The lowest BCUT2D eigenvalue weighted by Crippen LogP contribution is -2.56. The van der Waals surface area contributed by atoms with Gasteiger partial charge in [-0.25, -0.2) is 15.0 Å². The Kier molecular flexibility index (Phi) is 6.58. The van der Waals surface area contributed by atoms with Crippen LogP contribution in [0.1, 0.15) is 44.7 Å². The topological polar surface area (TPSA) is 107 Å². The smallest absolute Gasteiger partial charge is 0.286 e. The second kappa shape index (κ2) is 8.51. The number of aromatic nitrogens is 2. The van der Waals surface area contributed by atoms with Crippen LogP contribution in [0.15, 0.2) is 12.3 Å². The molecule has 1 aromatic heterocycles. The lowest BCUT2D eigenvalue weighted by atomic mass is 9.60. The van der Waals surface area contributed by atoms with Gasteiger partial charge < -0.3 is 0 Å². The second-order valence-corrected chi connectivity index (χ2v) is 6.74. The molecule has 2 rings (SSSR count). The minimum atomic E-state index is -4.63. The summed E-state index contributed by atoms with van der Waals surface area (Å²) >= 11 is 0. The van der Waals surface area contributed by atoms with Gasteiger partial charge in [-0.2, -0.15) is 13.2 Å². The van der Waals surface area contributed by atoms with Crippen molar-refractivity contribution < 1.29 is 28.0 Å². The lowest BCUT2D eigenvalue weighted by molar-refractivity contribution is -0.170. The van der Waals surface area contributed by atoms with Crippen molar-refractivity contribution in [1.82, 2.24) is 20.5 Å². The molecule has 3 N–H and O–H groups in total. The highest BCUT2D eigenvalue weighted by molar-refractivity contribution is 5.85. The first-order valence-electron chi connectivity index (χ1n) is 8.57. The van der Waals surface area contributed by atoms with Crippen LogP contribution in [-0.2, 0) is 15.8 Å². The fraction of sp³-hybridized carbons (Fsp3) is 0.625. The van der Waals surface area contributed by atoms with E-state index in [2.05, 4.69) is 27.7 Å². The third-order valence-corrected chi connectivity index (χ3v) is 4.63. The Balaban J connectivity index is 2.01. The van der Waals surface area contributed by atoms with Crippen LogP contribution in [0.25, 0.3) is 0 Å². The van der Waals surface area contributed by atoms with Crippen molar-refractivity contribution in [1.29, 1.82) is 0 Å². The zero-order chi connectivity index (χ0) is 20.1. The predicted octanol–water partition coefficient (Wildman–Crippen LogP) is 2.37. The average Bonchev–Trinajstić information content (AvgIpc) is 2.60. The molecule has 1 heterocycles. The van der Waals surface area contributed by atoms with Gasteiger partial charge in [0, 0.05) is 6.20 Å². The third-order valence-electron chi connectivity index (χ3n) is 4.63. The number of hydrogen-bond acceptors (Lipinski definition) is 6. The monoisotopic (exact) mass is 389 g/mol. The molecule has 0 aromatic carbocycles. The van der Waals surface area contributed by atoms with Crippen molar-refractivity contribution in [2.75, 3.05) is 12.0 Å². The largest absolute Gasteiger partial charge is 0.433 e. The summed E-state index contributed by atoms with van der Waals surface area (Å²) < 4.78 is 38.0. The van der Waals surface area contributed by atoms with Gasteiger partial charge in [-0.3, -0.25) is 25.6 Å². The molecular weight excluding hydrogens is 367 g/mol. The van der Waals surface area contributed by atoms with E-state index < -0.39 is 29.1 Å². The first-order chi connectivity index (χ1) is 12.7. The van der Waals surface area contributed by atoms with Crippen LogP contribution in [0, 0.1) is 11.3 Å². The molecule has 0 atom stereocenters. The number of anilines is 1. The number of carbonyl (C=O) groups is 2. The van der Waals surface area contributed by atoms with Crippen LogP contribution >= 0.6 is 0 Å². The number of nitrogens with one attached hydrogen (secondary N) is 2. The molecule has 1 aromatic rings. The van der Waals surface area contributed by atoms with Crippen molar-refractivity contribution in [3.8, 4) is 0 Å². The van der Waals surface area contributed by atoms with Gasteiger partial charge in [-0.1, -0.05) is 26.2 Å². The van der Waals surface area contributed by atoms with Crippen LogP contribution in [-0.4, -0.2) is 39.1 Å². The van der Waals surface area contributed by atoms with Gasteiger partial charge in [0.05, 0.1) is 12.0 Å². The fourth-order valence-electron chi connectivity index (χ4n) is 3.30. The molecule has 1 fully saturated rings. The Bertz CT molecular complexity index is 665. The SMILES string of the molecule is CCCCC1CC(CN(O)C=O)(C(=O)NNc2nccc(C(F)(F)F)n2)C1. The quantitative estimate of drug-likeness (QED) is 0.340. The Morgan fingerprint density at radius 2 is 2.19 bits per heavy atom. The van der Waals surface area contributed by atoms with E-state index in [1.807, 2.05) is 0 Å². The van der Waals surface area contributed by atoms with Crippen molar-refractivity contribution in [3.63, 3.8) is 0 Å². The van der Waals surface area contributed by atoms with Crippen molar-refractivity contribution in [2.24, 2.45) is 11.3 Å². The molecule has 2 amide bonds. The molecule has 150 valence electrons. The summed E-state index contributed by atoms with van der Waals surface area (Å²) in [5.41, 5.74) is 2.41. The summed E-state index contributed by atoms with van der Waals surface area (Å²) in [5.74, 6) is -0.663. The number of unbranched alkanes of at least 4 members (excludes halogenated alkanes) is 1. The van der Waals surface area contributed by atoms with E-state index in [1.165, 1.54) is 0 Å². The van der Waals surface area contributed by atoms with Crippen molar-refractivity contribution >= 4 is 18.3 Å². The maximum atomic E-state index is 12.7. The van der Waals surface area contributed by atoms with E-state index in [9.17, 15) is 28.0 Å². The van der Waals surface area contributed by atoms with Crippen LogP contribution in [0.5, 0.6) is 0 Å². The normalized spacial score (nSPS) is 21.9. The second-order valence-electron chi connectivity index (χ2n) is 6.74. The number of nitrogens with zero attached hydrogens (tertiary/aromatic N) is 3. The number of rotatable bonds is 9. The van der Waals surface area contributed by atoms with Crippen molar-refractivity contribution in [3.05, 3.63) is 18.0 Å². The molecule has 11 heteroatoms.